The molecular weight excluding hydrogens is 388 g/mol. The Morgan fingerprint density at radius 1 is 1.07 bits per heavy atom. The van der Waals surface area contributed by atoms with E-state index in [0.29, 0.717) is 22.8 Å². The van der Waals surface area contributed by atoms with Gasteiger partial charge in [-0.2, -0.15) is 5.10 Å². The second-order valence-corrected chi connectivity index (χ2v) is 7.31. The van der Waals surface area contributed by atoms with E-state index in [0.717, 1.165) is 12.2 Å². The maximum absolute atomic E-state index is 12.0. The first-order chi connectivity index (χ1) is 14.1. The maximum Gasteiger partial charge on any atom is 0.271 e. The fraction of sp³-hybridized carbons (Fsp3) is 0.391. The monoisotopic (exact) mass is 416 g/mol. The van der Waals surface area contributed by atoms with E-state index < -0.39 is 0 Å². The van der Waals surface area contributed by atoms with Crippen molar-refractivity contribution < 1.29 is 14.6 Å². The van der Waals surface area contributed by atoms with Crippen LogP contribution >= 0.6 is 11.6 Å². The van der Waals surface area contributed by atoms with Gasteiger partial charge in [0, 0.05) is 11.1 Å². The summed E-state index contributed by atoms with van der Waals surface area (Å²) in [6.45, 7) is 2.91. The highest BCUT2D eigenvalue weighted by molar-refractivity contribution is 6.33. The molecule has 156 valence electrons. The molecule has 2 N–H and O–H groups in total. The van der Waals surface area contributed by atoms with Gasteiger partial charge >= 0.3 is 0 Å². The highest BCUT2D eigenvalue weighted by atomic mass is 35.5. The third-order valence-electron chi connectivity index (χ3n) is 4.49. The summed E-state index contributed by atoms with van der Waals surface area (Å²) in [5.41, 5.74) is 3.52. The molecule has 0 saturated heterocycles. The third-order valence-corrected chi connectivity index (χ3v) is 4.82. The Hall–Kier alpha value is -2.53. The van der Waals surface area contributed by atoms with Crippen molar-refractivity contribution >= 4 is 23.7 Å². The van der Waals surface area contributed by atoms with Gasteiger partial charge in [-0.15, -0.1) is 0 Å². The number of phenolic OH excluding ortho intramolecular Hbond substituents is 1. The zero-order chi connectivity index (χ0) is 20.9. The minimum Gasteiger partial charge on any atom is -0.508 e. The number of hydrogen-bond donors (Lipinski definition) is 2. The van der Waals surface area contributed by atoms with Crippen molar-refractivity contribution in [3.05, 3.63) is 58.6 Å². The van der Waals surface area contributed by atoms with Gasteiger partial charge in [-0.3, -0.25) is 4.79 Å². The van der Waals surface area contributed by atoms with Crippen LogP contribution in [0.4, 0.5) is 0 Å². The van der Waals surface area contributed by atoms with Gasteiger partial charge in [0.1, 0.15) is 11.5 Å². The first-order valence-electron chi connectivity index (χ1n) is 10.1. The molecule has 0 atom stereocenters. The molecule has 29 heavy (non-hydrogen) atoms. The van der Waals surface area contributed by atoms with Crippen LogP contribution < -0.4 is 10.2 Å². The summed E-state index contributed by atoms with van der Waals surface area (Å²) >= 11 is 6.28. The Labute approximate surface area is 177 Å². The molecule has 2 rings (SSSR count). The summed E-state index contributed by atoms with van der Waals surface area (Å²) in [7, 11) is 0. The number of carbonyl (C=O) groups is 1. The Morgan fingerprint density at radius 2 is 1.76 bits per heavy atom. The smallest absolute Gasteiger partial charge is 0.271 e. The topological polar surface area (TPSA) is 70.9 Å². The molecule has 0 aromatic heterocycles. The largest absolute Gasteiger partial charge is 0.508 e. The molecule has 0 aliphatic carbocycles. The molecule has 0 bridgehead atoms. The van der Waals surface area contributed by atoms with E-state index in [1.807, 2.05) is 6.07 Å². The van der Waals surface area contributed by atoms with Gasteiger partial charge in [-0.1, -0.05) is 57.0 Å². The van der Waals surface area contributed by atoms with Crippen LogP contribution in [-0.4, -0.2) is 23.8 Å². The summed E-state index contributed by atoms with van der Waals surface area (Å²) in [4.78, 5) is 12.0. The lowest BCUT2D eigenvalue weighted by Crippen LogP contribution is -2.17. The zero-order valence-corrected chi connectivity index (χ0v) is 17.6. The number of nitrogens with zero attached hydrogens (tertiary/aromatic N) is 1. The summed E-state index contributed by atoms with van der Waals surface area (Å²) in [5.74, 6) is 0.462. The number of ether oxygens (including phenoxy) is 1. The molecule has 0 saturated carbocycles. The minimum atomic E-state index is -0.368. The number of carbonyl (C=O) groups excluding carboxylic acids is 1. The fourth-order valence-electron chi connectivity index (χ4n) is 2.79. The average molecular weight is 417 g/mol. The average Bonchev–Trinajstić information content (AvgIpc) is 2.72. The first-order valence-corrected chi connectivity index (χ1v) is 10.5. The number of hydrazone groups is 1. The first kappa shape index (κ1) is 22.8. The van der Waals surface area contributed by atoms with Crippen LogP contribution in [-0.2, 0) is 0 Å². The number of amides is 1. The fourth-order valence-corrected chi connectivity index (χ4v) is 3.01. The van der Waals surface area contributed by atoms with E-state index in [2.05, 4.69) is 17.5 Å². The third kappa shape index (κ3) is 8.57. The number of unbranched alkanes of at least 4 members (excludes halogenated alkanes) is 6. The number of benzene rings is 2. The van der Waals surface area contributed by atoms with Crippen LogP contribution in [0.3, 0.4) is 0 Å². The summed E-state index contributed by atoms with van der Waals surface area (Å²) in [6.07, 6.45) is 10.2. The van der Waals surface area contributed by atoms with Gasteiger partial charge in [-0.05, 0) is 48.9 Å². The van der Waals surface area contributed by atoms with Crippen molar-refractivity contribution in [1.82, 2.24) is 5.43 Å². The van der Waals surface area contributed by atoms with Crippen LogP contribution in [0.15, 0.2) is 47.6 Å². The molecule has 0 spiro atoms. The van der Waals surface area contributed by atoms with Gasteiger partial charge in [0.05, 0.1) is 17.8 Å². The van der Waals surface area contributed by atoms with Crippen LogP contribution in [0.25, 0.3) is 0 Å². The SMILES string of the molecule is CCCCCCCCCOc1ccc(/C=N\NC(=O)c2ccc(O)cc2)c(Cl)c1. The number of halogens is 1. The zero-order valence-electron chi connectivity index (χ0n) is 16.9. The summed E-state index contributed by atoms with van der Waals surface area (Å²) < 4.78 is 5.76. The van der Waals surface area contributed by atoms with E-state index in [1.54, 1.807) is 12.1 Å². The number of nitrogens with one attached hydrogen (secondary N) is 1. The second-order valence-electron chi connectivity index (χ2n) is 6.90. The lowest BCUT2D eigenvalue weighted by Gasteiger charge is -2.08. The predicted molar refractivity (Wildman–Crippen MR) is 118 cm³/mol. The number of rotatable bonds is 12. The van der Waals surface area contributed by atoms with Gasteiger partial charge < -0.3 is 9.84 Å². The molecule has 2 aromatic rings. The number of hydrogen-bond acceptors (Lipinski definition) is 4. The minimum absolute atomic E-state index is 0.103. The Bertz CT molecular complexity index is 791. The second kappa shape index (κ2) is 12.8. The van der Waals surface area contributed by atoms with Crippen molar-refractivity contribution in [1.29, 1.82) is 0 Å². The molecule has 6 heteroatoms. The number of aromatic hydroxyl groups is 1. The molecule has 0 aliphatic heterocycles. The Morgan fingerprint density at radius 3 is 2.45 bits per heavy atom. The van der Waals surface area contributed by atoms with Crippen molar-refractivity contribution in [2.24, 2.45) is 5.10 Å². The van der Waals surface area contributed by atoms with Crippen LogP contribution in [0, 0.1) is 0 Å². The molecule has 0 unspecified atom stereocenters. The van der Waals surface area contributed by atoms with Crippen molar-refractivity contribution in [3.63, 3.8) is 0 Å². The van der Waals surface area contributed by atoms with Gasteiger partial charge in [0.2, 0.25) is 0 Å². The van der Waals surface area contributed by atoms with E-state index >= 15 is 0 Å². The molecular formula is C23H29ClN2O3. The van der Waals surface area contributed by atoms with Crippen LogP contribution in [0.1, 0.15) is 67.8 Å². The Balaban J connectivity index is 1.73. The maximum atomic E-state index is 12.0. The molecule has 5 nitrogen and oxygen atoms in total. The number of phenols is 1. The van der Waals surface area contributed by atoms with Gasteiger partial charge in [-0.25, -0.2) is 5.43 Å². The highest BCUT2D eigenvalue weighted by Crippen LogP contribution is 2.22. The molecule has 0 fully saturated rings. The molecule has 0 aliphatic rings. The standard InChI is InChI=1S/C23H29ClN2O3/c1-2-3-4-5-6-7-8-15-29-21-14-11-19(22(24)16-21)17-25-26-23(28)18-9-12-20(27)13-10-18/h9-14,16-17,27H,2-8,15H2,1H3,(H,26,28)/b25-17-. The summed E-state index contributed by atoms with van der Waals surface area (Å²) in [6, 6.07) is 11.3. The van der Waals surface area contributed by atoms with Gasteiger partial charge in [0.25, 0.3) is 5.91 Å². The van der Waals surface area contributed by atoms with E-state index in [9.17, 15) is 9.90 Å². The quantitative estimate of drug-likeness (QED) is 0.255. The van der Waals surface area contributed by atoms with E-state index in [4.69, 9.17) is 16.3 Å². The van der Waals surface area contributed by atoms with Crippen LogP contribution in [0.5, 0.6) is 11.5 Å². The van der Waals surface area contributed by atoms with Crippen molar-refractivity contribution in [2.45, 2.75) is 51.9 Å². The van der Waals surface area contributed by atoms with Gasteiger partial charge in [0.15, 0.2) is 0 Å². The van der Waals surface area contributed by atoms with Crippen molar-refractivity contribution in [2.75, 3.05) is 6.61 Å². The normalized spacial score (nSPS) is 11.0. The molecule has 0 heterocycles. The predicted octanol–water partition coefficient (Wildman–Crippen LogP) is 5.94. The Kier molecular flexibility index (Phi) is 10.1. The lowest BCUT2D eigenvalue weighted by atomic mass is 10.1. The highest BCUT2D eigenvalue weighted by Gasteiger charge is 2.04. The van der Waals surface area contributed by atoms with Crippen molar-refractivity contribution in [3.8, 4) is 11.5 Å². The molecule has 2 aromatic carbocycles. The summed E-state index contributed by atoms with van der Waals surface area (Å²) in [5, 5.41) is 13.7. The molecule has 1 amide bonds. The molecule has 0 radical (unpaired) electrons. The lowest BCUT2D eigenvalue weighted by molar-refractivity contribution is 0.0955. The van der Waals surface area contributed by atoms with E-state index in [-0.39, 0.29) is 11.7 Å². The van der Waals surface area contributed by atoms with E-state index in [1.165, 1.54) is 69.0 Å². The van der Waals surface area contributed by atoms with Crippen LogP contribution in [0.2, 0.25) is 5.02 Å².